The van der Waals surface area contributed by atoms with Gasteiger partial charge in [-0.05, 0) is 43.7 Å². The fourth-order valence-electron chi connectivity index (χ4n) is 4.32. The van der Waals surface area contributed by atoms with E-state index in [9.17, 15) is 14.4 Å². The van der Waals surface area contributed by atoms with E-state index in [2.05, 4.69) is 32.1 Å². The Morgan fingerprint density at radius 3 is 2.54 bits per heavy atom. The van der Waals surface area contributed by atoms with Crippen molar-refractivity contribution in [3.8, 4) is 0 Å². The molecule has 4 rings (SSSR count). The van der Waals surface area contributed by atoms with Crippen LogP contribution in [0.3, 0.4) is 0 Å². The van der Waals surface area contributed by atoms with Gasteiger partial charge in [-0.15, -0.1) is 0 Å². The number of nitrogens with zero attached hydrogens (tertiary/aromatic N) is 4. The highest BCUT2D eigenvalue weighted by molar-refractivity contribution is 6.31. The Bertz CT molecular complexity index is 1370. The van der Waals surface area contributed by atoms with Gasteiger partial charge in [-0.1, -0.05) is 32.4 Å². The summed E-state index contributed by atoms with van der Waals surface area (Å²) in [5, 5.41) is 3.58. The molecule has 0 spiro atoms. The lowest BCUT2D eigenvalue weighted by Crippen LogP contribution is -2.44. The summed E-state index contributed by atoms with van der Waals surface area (Å²) >= 11 is 6.29. The number of hydrogen-bond donors (Lipinski definition) is 2. The molecule has 1 saturated heterocycles. The van der Waals surface area contributed by atoms with E-state index in [0.717, 1.165) is 31.9 Å². The van der Waals surface area contributed by atoms with Crippen LogP contribution in [0.4, 0.5) is 11.4 Å². The zero-order valence-corrected chi connectivity index (χ0v) is 21.3. The van der Waals surface area contributed by atoms with Gasteiger partial charge in [0.25, 0.3) is 11.5 Å². The maximum atomic E-state index is 13.7. The van der Waals surface area contributed by atoms with Crippen LogP contribution in [-0.2, 0) is 6.54 Å². The molecule has 3 aromatic rings. The van der Waals surface area contributed by atoms with Crippen molar-refractivity contribution in [2.24, 2.45) is 0 Å². The summed E-state index contributed by atoms with van der Waals surface area (Å²) in [6.07, 6.45) is 0.674. The van der Waals surface area contributed by atoms with Gasteiger partial charge in [0.1, 0.15) is 0 Å². The van der Waals surface area contributed by atoms with Gasteiger partial charge >= 0.3 is 5.69 Å². The van der Waals surface area contributed by atoms with Gasteiger partial charge in [-0.25, -0.2) is 9.78 Å². The number of carbonyl (C=O) groups excluding carboxylic acids is 1. The summed E-state index contributed by atoms with van der Waals surface area (Å²) in [5.74, 6) is -0.466. The number of fused-ring (bicyclic) bond motifs is 1. The van der Waals surface area contributed by atoms with E-state index >= 15 is 0 Å². The molecule has 2 aromatic heterocycles. The third-order valence-corrected chi connectivity index (χ3v) is 6.54. The summed E-state index contributed by atoms with van der Waals surface area (Å²) in [6.45, 7) is 9.67. The molecule has 186 valence electrons. The highest BCUT2D eigenvalue weighted by Gasteiger charge is 2.23. The van der Waals surface area contributed by atoms with E-state index in [0.29, 0.717) is 29.4 Å². The number of nitrogens with one attached hydrogen (secondary N) is 2. The van der Waals surface area contributed by atoms with E-state index < -0.39 is 17.2 Å². The van der Waals surface area contributed by atoms with Gasteiger partial charge in [-0.2, -0.15) is 0 Å². The van der Waals surface area contributed by atoms with E-state index in [1.54, 1.807) is 18.2 Å². The van der Waals surface area contributed by atoms with Gasteiger partial charge in [0, 0.05) is 43.4 Å². The molecule has 2 N–H and O–H groups in total. The molecule has 1 aliphatic rings. The van der Waals surface area contributed by atoms with Crippen LogP contribution in [0.1, 0.15) is 49.2 Å². The molecule has 35 heavy (non-hydrogen) atoms. The van der Waals surface area contributed by atoms with Crippen LogP contribution < -0.4 is 21.5 Å². The summed E-state index contributed by atoms with van der Waals surface area (Å²) in [4.78, 5) is 50.5. The minimum absolute atomic E-state index is 0.0116. The number of aryl methyl sites for hydroxylation is 1. The first-order valence-electron chi connectivity index (χ1n) is 11.9. The Morgan fingerprint density at radius 2 is 1.89 bits per heavy atom. The second-order valence-electron chi connectivity index (χ2n) is 9.26. The molecular formula is C25H31ClN6O3. The highest BCUT2D eigenvalue weighted by Crippen LogP contribution is 2.31. The molecule has 3 heterocycles. The van der Waals surface area contributed by atoms with Crippen molar-refractivity contribution < 1.29 is 4.79 Å². The average Bonchev–Trinajstić information content (AvgIpc) is 2.81. The zero-order chi connectivity index (χ0) is 25.3. The predicted molar refractivity (Wildman–Crippen MR) is 140 cm³/mol. The molecular weight excluding hydrogens is 468 g/mol. The Kier molecular flexibility index (Phi) is 7.28. The van der Waals surface area contributed by atoms with Crippen LogP contribution in [0.2, 0.25) is 5.02 Å². The number of halogens is 1. The Morgan fingerprint density at radius 1 is 1.17 bits per heavy atom. The van der Waals surface area contributed by atoms with Crippen molar-refractivity contribution in [1.29, 1.82) is 0 Å². The van der Waals surface area contributed by atoms with Crippen molar-refractivity contribution >= 4 is 39.9 Å². The number of H-pyrrole nitrogens is 1. The number of aromatic nitrogens is 3. The molecule has 1 amide bonds. The highest BCUT2D eigenvalue weighted by atomic mass is 35.5. The number of likely N-dealkylation sites (N-methyl/N-ethyl adjacent to an activating group) is 1. The molecule has 9 nitrogen and oxygen atoms in total. The zero-order valence-electron chi connectivity index (χ0n) is 20.5. The van der Waals surface area contributed by atoms with Crippen molar-refractivity contribution in [3.05, 3.63) is 61.4 Å². The minimum Gasteiger partial charge on any atom is -0.367 e. The van der Waals surface area contributed by atoms with Gasteiger partial charge < -0.3 is 15.1 Å². The second kappa shape index (κ2) is 10.2. The van der Waals surface area contributed by atoms with E-state index in [1.807, 2.05) is 26.8 Å². The van der Waals surface area contributed by atoms with E-state index in [4.69, 9.17) is 11.6 Å². The van der Waals surface area contributed by atoms with Crippen molar-refractivity contribution in [2.75, 3.05) is 43.4 Å². The Hall–Kier alpha value is -3.17. The Balaban J connectivity index is 1.83. The average molecular weight is 499 g/mol. The van der Waals surface area contributed by atoms with E-state index in [-0.39, 0.29) is 22.5 Å². The topological polar surface area (TPSA) is 103 Å². The quantitative estimate of drug-likeness (QED) is 0.540. The molecule has 0 radical (unpaired) electrons. The second-order valence-corrected chi connectivity index (χ2v) is 9.70. The molecule has 1 fully saturated rings. The van der Waals surface area contributed by atoms with Crippen LogP contribution in [0.5, 0.6) is 0 Å². The van der Waals surface area contributed by atoms with Gasteiger partial charge in [0.05, 0.1) is 22.3 Å². The molecule has 1 aromatic carbocycles. The number of carbonyl (C=O) groups is 1. The smallest absolute Gasteiger partial charge is 0.329 e. The Labute approximate surface area is 208 Å². The summed E-state index contributed by atoms with van der Waals surface area (Å²) < 4.78 is 1.43. The molecule has 1 aliphatic heterocycles. The minimum atomic E-state index is -0.629. The first-order chi connectivity index (χ1) is 16.7. The SMILES string of the molecule is CCCn1c(=O)[nH]c(=O)c2c(C(=O)Nc3cc(Cl)ccc3N3CCN(C)CC3)cc(C(C)C)nc21. The summed E-state index contributed by atoms with van der Waals surface area (Å²) in [7, 11) is 2.08. The number of rotatable bonds is 6. The number of pyridine rings is 1. The molecule has 0 unspecified atom stereocenters. The van der Waals surface area contributed by atoms with Crippen LogP contribution in [-0.4, -0.2) is 58.6 Å². The monoisotopic (exact) mass is 498 g/mol. The van der Waals surface area contributed by atoms with Gasteiger partial charge in [0.15, 0.2) is 5.65 Å². The summed E-state index contributed by atoms with van der Waals surface area (Å²) in [6, 6.07) is 7.06. The lowest BCUT2D eigenvalue weighted by molar-refractivity contribution is 0.102. The maximum absolute atomic E-state index is 13.7. The normalized spacial score (nSPS) is 14.6. The van der Waals surface area contributed by atoms with Crippen molar-refractivity contribution in [3.63, 3.8) is 0 Å². The molecule has 0 bridgehead atoms. The number of anilines is 2. The first-order valence-corrected chi connectivity index (χ1v) is 12.3. The third kappa shape index (κ3) is 5.11. The molecule has 0 atom stereocenters. The number of benzene rings is 1. The standard InChI is InChI=1S/C25H31ClN6O3/c1-5-8-32-22-21(24(34)29-25(32)35)17(14-18(27-22)15(2)3)23(33)28-19-13-16(26)6-7-20(19)31-11-9-30(4)10-12-31/h6-7,13-15H,5,8-12H2,1-4H3,(H,28,33)(H,29,34,35). The van der Waals surface area contributed by atoms with Crippen LogP contribution in [0.25, 0.3) is 11.0 Å². The van der Waals surface area contributed by atoms with Crippen LogP contribution in [0, 0.1) is 0 Å². The van der Waals surface area contributed by atoms with E-state index in [1.165, 1.54) is 4.57 Å². The summed E-state index contributed by atoms with van der Waals surface area (Å²) in [5.41, 5.74) is 1.31. The van der Waals surface area contributed by atoms with Crippen molar-refractivity contribution in [1.82, 2.24) is 19.4 Å². The fraction of sp³-hybridized carbons (Fsp3) is 0.440. The number of piperazine rings is 1. The largest absolute Gasteiger partial charge is 0.367 e. The van der Waals surface area contributed by atoms with Crippen molar-refractivity contribution in [2.45, 2.75) is 39.7 Å². The molecule has 0 saturated carbocycles. The lowest BCUT2D eigenvalue weighted by atomic mass is 10.0. The number of hydrogen-bond acceptors (Lipinski definition) is 6. The predicted octanol–water partition coefficient (Wildman–Crippen LogP) is 3.28. The van der Waals surface area contributed by atoms with Crippen LogP contribution in [0.15, 0.2) is 33.9 Å². The first kappa shape index (κ1) is 24.9. The fourth-order valence-corrected chi connectivity index (χ4v) is 4.49. The molecule has 0 aliphatic carbocycles. The lowest BCUT2D eigenvalue weighted by Gasteiger charge is -2.35. The van der Waals surface area contributed by atoms with Crippen LogP contribution >= 0.6 is 11.6 Å². The number of amides is 1. The van der Waals surface area contributed by atoms with Gasteiger partial charge in [-0.3, -0.25) is 19.1 Å². The van der Waals surface area contributed by atoms with Gasteiger partial charge in [0.2, 0.25) is 0 Å². The number of aromatic amines is 1. The maximum Gasteiger partial charge on any atom is 0.329 e. The third-order valence-electron chi connectivity index (χ3n) is 6.30. The molecule has 10 heteroatoms.